The lowest BCUT2D eigenvalue weighted by Crippen LogP contribution is -2.27. The number of ether oxygens (including phenoxy) is 1. The van der Waals surface area contributed by atoms with Crippen molar-refractivity contribution in [3.63, 3.8) is 0 Å². The number of hydrogen-bond donors (Lipinski definition) is 2. The monoisotopic (exact) mass is 287 g/mol. The molecule has 0 radical (unpaired) electrons. The van der Waals surface area contributed by atoms with E-state index in [1.165, 1.54) is 7.11 Å². The summed E-state index contributed by atoms with van der Waals surface area (Å²) in [5.74, 6) is -0.712. The maximum Gasteiger partial charge on any atom is 0.307 e. The van der Waals surface area contributed by atoms with Crippen LogP contribution in [0.4, 0.5) is 5.69 Å². The van der Waals surface area contributed by atoms with Crippen molar-refractivity contribution in [2.45, 2.75) is 13.3 Å². The third kappa shape index (κ3) is 3.28. The highest BCUT2D eigenvalue weighted by atomic mass is 16.5. The van der Waals surface area contributed by atoms with Crippen LogP contribution in [0.2, 0.25) is 0 Å². The molecule has 3 N–H and O–H groups in total. The van der Waals surface area contributed by atoms with Gasteiger partial charge in [0.15, 0.2) is 0 Å². The molecular weight excluding hydrogens is 270 g/mol. The Kier molecular flexibility index (Phi) is 4.37. The van der Waals surface area contributed by atoms with Gasteiger partial charge in [0, 0.05) is 29.2 Å². The number of aromatic nitrogens is 1. The summed E-state index contributed by atoms with van der Waals surface area (Å²) in [7, 11) is 1.31. The van der Waals surface area contributed by atoms with Crippen molar-refractivity contribution in [1.82, 2.24) is 10.3 Å². The van der Waals surface area contributed by atoms with Gasteiger partial charge in [0.2, 0.25) is 0 Å². The lowest BCUT2D eigenvalue weighted by Gasteiger charge is -2.09. The first-order valence-electron chi connectivity index (χ1n) is 6.52. The molecule has 0 unspecified atom stereocenters. The number of methoxy groups -OCH3 is 1. The van der Waals surface area contributed by atoms with Crippen molar-refractivity contribution < 1.29 is 14.3 Å². The van der Waals surface area contributed by atoms with E-state index in [1.807, 2.05) is 19.1 Å². The van der Waals surface area contributed by atoms with Crippen LogP contribution in [0.5, 0.6) is 0 Å². The number of benzene rings is 1. The molecule has 1 amide bonds. The van der Waals surface area contributed by atoms with E-state index in [9.17, 15) is 9.59 Å². The minimum Gasteiger partial charge on any atom is -0.469 e. The molecule has 2 rings (SSSR count). The molecule has 0 aliphatic rings. The van der Waals surface area contributed by atoms with Gasteiger partial charge in [0.05, 0.1) is 13.5 Å². The number of amides is 1. The predicted molar refractivity (Wildman–Crippen MR) is 79.9 cm³/mol. The van der Waals surface area contributed by atoms with Crippen molar-refractivity contribution in [2.24, 2.45) is 0 Å². The zero-order valence-corrected chi connectivity index (χ0v) is 12.0. The van der Waals surface area contributed by atoms with E-state index in [0.29, 0.717) is 16.8 Å². The first-order chi connectivity index (χ1) is 10.0. The molecule has 0 aliphatic heterocycles. The predicted octanol–water partition coefficient (Wildman–Crippen LogP) is 1.42. The molecule has 0 saturated heterocycles. The van der Waals surface area contributed by atoms with E-state index >= 15 is 0 Å². The highest BCUT2D eigenvalue weighted by Crippen LogP contribution is 2.24. The van der Waals surface area contributed by atoms with Gasteiger partial charge < -0.3 is 15.8 Å². The molecule has 2 aromatic rings. The van der Waals surface area contributed by atoms with E-state index < -0.39 is 0 Å². The molecule has 1 heterocycles. The minimum atomic E-state index is -0.374. The standard InChI is InChI=1S/C15H17N3O3/c1-9-7-11-10(12(16)8-9)3-5-17-14(11)15(20)18-6-4-13(19)21-2/h3,5,7-8H,4,6,16H2,1-2H3,(H,18,20). The second kappa shape index (κ2) is 6.21. The number of carbonyl (C=O) groups excluding carboxylic acids is 2. The van der Waals surface area contributed by atoms with E-state index in [0.717, 1.165) is 10.9 Å². The Bertz CT molecular complexity index is 698. The Morgan fingerprint density at radius 3 is 2.81 bits per heavy atom. The number of fused-ring (bicyclic) bond motifs is 1. The lowest BCUT2D eigenvalue weighted by molar-refractivity contribution is -0.140. The molecule has 0 atom stereocenters. The Morgan fingerprint density at radius 1 is 1.33 bits per heavy atom. The van der Waals surface area contributed by atoms with Crippen LogP contribution in [0.1, 0.15) is 22.5 Å². The smallest absolute Gasteiger partial charge is 0.307 e. The summed E-state index contributed by atoms with van der Waals surface area (Å²) < 4.78 is 4.52. The highest BCUT2D eigenvalue weighted by Gasteiger charge is 2.13. The van der Waals surface area contributed by atoms with Gasteiger partial charge in [-0.25, -0.2) is 0 Å². The Labute approximate surface area is 122 Å². The quantitative estimate of drug-likeness (QED) is 0.655. The molecule has 6 heteroatoms. The van der Waals surface area contributed by atoms with Gasteiger partial charge in [-0.3, -0.25) is 14.6 Å². The minimum absolute atomic E-state index is 0.119. The summed E-state index contributed by atoms with van der Waals surface area (Å²) >= 11 is 0. The zero-order valence-electron chi connectivity index (χ0n) is 12.0. The number of carbonyl (C=O) groups is 2. The van der Waals surface area contributed by atoms with Crippen molar-refractivity contribution in [3.8, 4) is 0 Å². The maximum atomic E-state index is 12.2. The fourth-order valence-corrected chi connectivity index (χ4v) is 2.11. The molecule has 6 nitrogen and oxygen atoms in total. The van der Waals surface area contributed by atoms with Gasteiger partial charge in [-0.05, 0) is 30.7 Å². The van der Waals surface area contributed by atoms with Crippen LogP contribution in [0, 0.1) is 6.92 Å². The SMILES string of the molecule is COC(=O)CCNC(=O)c1nccc2c(N)cc(C)cc12. The number of nitrogens with two attached hydrogens (primary N) is 1. The summed E-state index contributed by atoms with van der Waals surface area (Å²) in [6, 6.07) is 5.49. The number of pyridine rings is 1. The van der Waals surface area contributed by atoms with Crippen LogP contribution in [-0.2, 0) is 9.53 Å². The van der Waals surface area contributed by atoms with E-state index in [4.69, 9.17) is 5.73 Å². The van der Waals surface area contributed by atoms with Gasteiger partial charge in [-0.15, -0.1) is 0 Å². The largest absolute Gasteiger partial charge is 0.469 e. The number of nitrogens with zero attached hydrogens (tertiary/aromatic N) is 1. The maximum absolute atomic E-state index is 12.2. The average molecular weight is 287 g/mol. The van der Waals surface area contributed by atoms with Crippen molar-refractivity contribution in [3.05, 3.63) is 35.7 Å². The Hall–Kier alpha value is -2.63. The van der Waals surface area contributed by atoms with Crippen LogP contribution >= 0.6 is 0 Å². The molecule has 1 aromatic heterocycles. The van der Waals surface area contributed by atoms with Crippen molar-refractivity contribution in [2.75, 3.05) is 19.4 Å². The summed E-state index contributed by atoms with van der Waals surface area (Å²) in [5, 5.41) is 4.14. The zero-order chi connectivity index (χ0) is 15.4. The van der Waals surface area contributed by atoms with E-state index in [1.54, 1.807) is 12.3 Å². The Balaban J connectivity index is 2.25. The molecule has 1 aromatic carbocycles. The molecule has 0 bridgehead atoms. The van der Waals surface area contributed by atoms with Crippen LogP contribution in [0.3, 0.4) is 0 Å². The highest BCUT2D eigenvalue weighted by molar-refractivity contribution is 6.08. The van der Waals surface area contributed by atoms with Gasteiger partial charge in [-0.2, -0.15) is 0 Å². The van der Waals surface area contributed by atoms with E-state index in [-0.39, 0.29) is 24.8 Å². The molecular formula is C15H17N3O3. The Morgan fingerprint density at radius 2 is 2.10 bits per heavy atom. The van der Waals surface area contributed by atoms with Crippen molar-refractivity contribution >= 4 is 28.3 Å². The summed E-state index contributed by atoms with van der Waals surface area (Å²) in [6.07, 6.45) is 1.66. The number of rotatable bonds is 4. The molecule has 0 aliphatic carbocycles. The average Bonchev–Trinajstić information content (AvgIpc) is 2.46. The van der Waals surface area contributed by atoms with Crippen LogP contribution in [0.15, 0.2) is 24.4 Å². The number of anilines is 1. The van der Waals surface area contributed by atoms with Crippen LogP contribution in [-0.4, -0.2) is 30.5 Å². The fourth-order valence-electron chi connectivity index (χ4n) is 2.11. The van der Waals surface area contributed by atoms with Gasteiger partial charge in [-0.1, -0.05) is 0 Å². The van der Waals surface area contributed by atoms with Crippen molar-refractivity contribution in [1.29, 1.82) is 0 Å². The third-order valence-electron chi connectivity index (χ3n) is 3.11. The van der Waals surface area contributed by atoms with Gasteiger partial charge in [0.1, 0.15) is 5.69 Å². The second-order valence-corrected chi connectivity index (χ2v) is 4.69. The molecule has 0 fully saturated rings. The fraction of sp³-hybridized carbons (Fsp3) is 0.267. The summed E-state index contributed by atoms with van der Waals surface area (Å²) in [4.78, 5) is 27.3. The van der Waals surface area contributed by atoms with Crippen LogP contribution in [0.25, 0.3) is 10.8 Å². The van der Waals surface area contributed by atoms with Gasteiger partial charge in [0.25, 0.3) is 5.91 Å². The number of nitrogen functional groups attached to an aromatic ring is 1. The topological polar surface area (TPSA) is 94.3 Å². The molecule has 21 heavy (non-hydrogen) atoms. The molecule has 110 valence electrons. The number of nitrogens with one attached hydrogen (secondary N) is 1. The van der Waals surface area contributed by atoms with E-state index in [2.05, 4.69) is 15.0 Å². The number of esters is 1. The lowest BCUT2D eigenvalue weighted by atomic mass is 10.0. The summed E-state index contributed by atoms with van der Waals surface area (Å²) in [5.41, 5.74) is 7.82. The summed E-state index contributed by atoms with van der Waals surface area (Å²) in [6.45, 7) is 2.10. The number of hydrogen-bond acceptors (Lipinski definition) is 5. The normalized spacial score (nSPS) is 10.4. The first kappa shape index (κ1) is 14.8. The van der Waals surface area contributed by atoms with Gasteiger partial charge >= 0.3 is 5.97 Å². The second-order valence-electron chi connectivity index (χ2n) is 4.69. The molecule has 0 spiro atoms. The first-order valence-corrected chi connectivity index (χ1v) is 6.52. The van der Waals surface area contributed by atoms with Crippen LogP contribution < -0.4 is 11.1 Å². The molecule has 0 saturated carbocycles. The number of aryl methyl sites for hydroxylation is 1. The third-order valence-corrected chi connectivity index (χ3v) is 3.11.